The third-order valence-corrected chi connectivity index (χ3v) is 5.93. The number of aromatic nitrogens is 2. The fourth-order valence-electron chi connectivity index (χ4n) is 3.14. The van der Waals surface area contributed by atoms with Crippen molar-refractivity contribution in [3.05, 3.63) is 49.8 Å². The Kier molecular flexibility index (Phi) is 4.85. The Morgan fingerprint density at radius 3 is 3.00 bits per heavy atom. The van der Waals surface area contributed by atoms with Crippen molar-refractivity contribution in [3.63, 3.8) is 0 Å². The van der Waals surface area contributed by atoms with Crippen LogP contribution in [0, 0.1) is 6.92 Å². The fourth-order valence-corrected chi connectivity index (χ4v) is 4.37. The Balaban J connectivity index is 1.79. The second-order valence-electron chi connectivity index (χ2n) is 6.36. The molecule has 0 spiro atoms. The van der Waals surface area contributed by atoms with E-state index in [1.807, 2.05) is 20.0 Å². The standard InChI is InChI=1S/C18H23N3O2S/c1-4-15-19-13-6-5-7-14(18(13)24-15)20(3)17(23)11-21-9-8-12(2)10-16(21)22/h8-10,14H,4-7,11H2,1-3H3/t14-/m1/s1. The first-order chi connectivity index (χ1) is 11.5. The van der Waals surface area contributed by atoms with Crippen molar-refractivity contribution in [2.45, 2.75) is 52.1 Å². The van der Waals surface area contributed by atoms with Crippen LogP contribution in [0.2, 0.25) is 0 Å². The highest BCUT2D eigenvalue weighted by Crippen LogP contribution is 2.37. The van der Waals surface area contributed by atoms with E-state index < -0.39 is 0 Å². The minimum atomic E-state index is -0.132. The average molecular weight is 345 g/mol. The maximum atomic E-state index is 12.7. The number of aryl methyl sites for hydroxylation is 3. The summed E-state index contributed by atoms with van der Waals surface area (Å²) in [6, 6.07) is 3.49. The molecule has 2 aromatic heterocycles. The molecule has 3 rings (SSSR count). The lowest BCUT2D eigenvalue weighted by atomic mass is 9.97. The van der Waals surface area contributed by atoms with Crippen LogP contribution < -0.4 is 5.56 Å². The van der Waals surface area contributed by atoms with Crippen molar-refractivity contribution in [2.24, 2.45) is 0 Å². The largest absolute Gasteiger partial charge is 0.336 e. The average Bonchev–Trinajstić information content (AvgIpc) is 2.99. The van der Waals surface area contributed by atoms with Crippen molar-refractivity contribution < 1.29 is 4.79 Å². The number of thiazole rings is 1. The molecule has 1 aliphatic rings. The van der Waals surface area contributed by atoms with Crippen LogP contribution in [0.1, 0.15) is 46.9 Å². The van der Waals surface area contributed by atoms with Crippen molar-refractivity contribution in [3.8, 4) is 0 Å². The van der Waals surface area contributed by atoms with Gasteiger partial charge < -0.3 is 9.47 Å². The molecule has 128 valence electrons. The lowest BCUT2D eigenvalue weighted by molar-refractivity contribution is -0.133. The molecule has 6 heteroatoms. The summed E-state index contributed by atoms with van der Waals surface area (Å²) >= 11 is 1.73. The lowest BCUT2D eigenvalue weighted by Crippen LogP contribution is -2.37. The quantitative estimate of drug-likeness (QED) is 0.856. The van der Waals surface area contributed by atoms with Crippen LogP contribution in [0.25, 0.3) is 0 Å². The molecule has 0 fully saturated rings. The highest BCUT2D eigenvalue weighted by molar-refractivity contribution is 7.11. The summed E-state index contributed by atoms with van der Waals surface area (Å²) in [6.07, 6.45) is 5.64. The smallest absolute Gasteiger partial charge is 0.251 e. The summed E-state index contributed by atoms with van der Waals surface area (Å²) in [4.78, 5) is 32.4. The first-order valence-corrected chi connectivity index (χ1v) is 9.22. The fraction of sp³-hybridized carbons (Fsp3) is 0.500. The van der Waals surface area contributed by atoms with Crippen molar-refractivity contribution in [1.82, 2.24) is 14.5 Å². The Bertz CT molecular complexity index is 809. The highest BCUT2D eigenvalue weighted by Gasteiger charge is 2.29. The van der Waals surface area contributed by atoms with E-state index in [1.165, 1.54) is 9.44 Å². The van der Waals surface area contributed by atoms with Crippen molar-refractivity contribution in [1.29, 1.82) is 0 Å². The molecule has 0 aromatic carbocycles. The Labute approximate surface area is 146 Å². The van der Waals surface area contributed by atoms with Crippen LogP contribution in [-0.4, -0.2) is 27.4 Å². The monoisotopic (exact) mass is 345 g/mol. The van der Waals surface area contributed by atoms with Gasteiger partial charge in [0.15, 0.2) is 0 Å². The molecule has 1 amide bonds. The molecule has 0 N–H and O–H groups in total. The highest BCUT2D eigenvalue weighted by atomic mass is 32.1. The Morgan fingerprint density at radius 2 is 2.29 bits per heavy atom. The number of carbonyl (C=O) groups excluding carboxylic acids is 1. The summed E-state index contributed by atoms with van der Waals surface area (Å²) in [7, 11) is 1.84. The molecular formula is C18H23N3O2S. The number of pyridine rings is 1. The molecule has 0 saturated carbocycles. The summed E-state index contributed by atoms with van der Waals surface area (Å²) in [6.45, 7) is 4.07. The van der Waals surface area contributed by atoms with Gasteiger partial charge in [0.05, 0.1) is 21.6 Å². The summed E-state index contributed by atoms with van der Waals surface area (Å²) in [5.74, 6) is -0.0368. The van der Waals surface area contributed by atoms with E-state index >= 15 is 0 Å². The maximum absolute atomic E-state index is 12.7. The molecule has 0 saturated heterocycles. The molecular weight excluding hydrogens is 322 g/mol. The van der Waals surface area contributed by atoms with Gasteiger partial charge >= 0.3 is 0 Å². The van der Waals surface area contributed by atoms with Gasteiger partial charge in [-0.3, -0.25) is 9.59 Å². The van der Waals surface area contributed by atoms with E-state index in [9.17, 15) is 9.59 Å². The topological polar surface area (TPSA) is 55.2 Å². The number of nitrogens with zero attached hydrogens (tertiary/aromatic N) is 3. The normalized spacial score (nSPS) is 16.7. The van der Waals surface area contributed by atoms with Crippen LogP contribution in [0.3, 0.4) is 0 Å². The lowest BCUT2D eigenvalue weighted by Gasteiger charge is -2.31. The number of rotatable bonds is 4. The third kappa shape index (κ3) is 3.29. The Morgan fingerprint density at radius 1 is 1.50 bits per heavy atom. The molecule has 0 radical (unpaired) electrons. The minimum absolute atomic E-state index is 0.0368. The zero-order chi connectivity index (χ0) is 17.3. The predicted octanol–water partition coefficient (Wildman–Crippen LogP) is 2.71. The molecule has 24 heavy (non-hydrogen) atoms. The zero-order valence-electron chi connectivity index (χ0n) is 14.4. The van der Waals surface area contributed by atoms with Gasteiger partial charge in [-0.1, -0.05) is 6.92 Å². The summed E-state index contributed by atoms with van der Waals surface area (Å²) in [5, 5.41) is 1.14. The molecule has 0 unspecified atom stereocenters. The summed E-state index contributed by atoms with van der Waals surface area (Å²) < 4.78 is 1.47. The van der Waals surface area contributed by atoms with Gasteiger partial charge in [-0.15, -0.1) is 11.3 Å². The molecule has 1 atom stereocenters. The van der Waals surface area contributed by atoms with Gasteiger partial charge in [-0.2, -0.15) is 0 Å². The molecule has 0 aliphatic heterocycles. The minimum Gasteiger partial charge on any atom is -0.336 e. The first-order valence-electron chi connectivity index (χ1n) is 8.40. The summed E-state index contributed by atoms with van der Waals surface area (Å²) in [5.41, 5.74) is 1.93. The van der Waals surface area contributed by atoms with Crippen molar-refractivity contribution in [2.75, 3.05) is 7.05 Å². The molecule has 1 aliphatic carbocycles. The van der Waals surface area contributed by atoms with Crippen LogP contribution in [0.5, 0.6) is 0 Å². The van der Waals surface area contributed by atoms with Crippen LogP contribution in [0.15, 0.2) is 23.1 Å². The molecule has 2 heterocycles. The molecule has 5 nitrogen and oxygen atoms in total. The second kappa shape index (κ2) is 6.89. The van der Waals surface area contributed by atoms with Crippen LogP contribution >= 0.6 is 11.3 Å². The predicted molar refractivity (Wildman–Crippen MR) is 95.4 cm³/mol. The van der Waals surface area contributed by atoms with Gasteiger partial charge in [0.25, 0.3) is 5.56 Å². The van der Waals surface area contributed by atoms with E-state index in [0.29, 0.717) is 0 Å². The van der Waals surface area contributed by atoms with Gasteiger partial charge in [0, 0.05) is 19.3 Å². The number of amides is 1. The second-order valence-corrected chi connectivity index (χ2v) is 7.47. The van der Waals surface area contributed by atoms with Crippen LogP contribution in [-0.2, 0) is 24.2 Å². The molecule has 2 aromatic rings. The number of fused-ring (bicyclic) bond motifs is 1. The van der Waals surface area contributed by atoms with E-state index in [2.05, 4.69) is 6.92 Å². The number of carbonyl (C=O) groups is 1. The third-order valence-electron chi connectivity index (χ3n) is 4.59. The number of hydrogen-bond acceptors (Lipinski definition) is 4. The maximum Gasteiger partial charge on any atom is 0.251 e. The first kappa shape index (κ1) is 16.9. The van der Waals surface area contributed by atoms with E-state index in [-0.39, 0.29) is 24.1 Å². The van der Waals surface area contributed by atoms with E-state index in [1.54, 1.807) is 28.5 Å². The van der Waals surface area contributed by atoms with E-state index in [4.69, 9.17) is 4.98 Å². The van der Waals surface area contributed by atoms with Gasteiger partial charge in [0.1, 0.15) is 6.54 Å². The van der Waals surface area contributed by atoms with Gasteiger partial charge in [0.2, 0.25) is 5.91 Å². The number of hydrogen-bond donors (Lipinski definition) is 0. The van der Waals surface area contributed by atoms with Crippen molar-refractivity contribution >= 4 is 17.2 Å². The van der Waals surface area contributed by atoms with Gasteiger partial charge in [-0.05, 0) is 44.2 Å². The SMILES string of the molecule is CCc1nc2c(s1)[C@H](N(C)C(=O)Cn1ccc(C)cc1=O)CCC2. The van der Waals surface area contributed by atoms with E-state index in [0.717, 1.165) is 41.9 Å². The zero-order valence-corrected chi connectivity index (χ0v) is 15.2. The molecule has 0 bridgehead atoms. The Hall–Kier alpha value is -1.95. The van der Waals surface area contributed by atoms with Crippen LogP contribution in [0.4, 0.5) is 0 Å². The number of likely N-dealkylation sites (N-methyl/N-ethyl adjacent to an activating group) is 1. The van der Waals surface area contributed by atoms with Gasteiger partial charge in [-0.25, -0.2) is 4.98 Å².